The van der Waals surface area contributed by atoms with E-state index in [1.165, 1.54) is 32.7 Å². The number of hydrogen-bond acceptors (Lipinski definition) is 1. The predicted octanol–water partition coefficient (Wildman–Crippen LogP) is 4.17. The van der Waals surface area contributed by atoms with Crippen molar-refractivity contribution in [2.24, 2.45) is 0 Å². The molecule has 0 amide bonds. The second-order valence-corrected chi connectivity index (χ2v) is 5.94. The fourth-order valence-corrected chi connectivity index (χ4v) is 3.37. The van der Waals surface area contributed by atoms with E-state index in [-0.39, 0.29) is 0 Å². The van der Waals surface area contributed by atoms with E-state index in [1.807, 2.05) is 18.7 Å². The standard InChI is InChI=1S/C19H16N4/c1-2-4-17-15(3-1)16-11-14-5-7-23(19(14)12-18(16)21-17)10-9-22-8-6-20-13-22/h1-8,11-13,21H,9-10H2. The maximum atomic E-state index is 4.10. The number of rotatable bonds is 3. The SMILES string of the molecule is c1ccc2c(c1)[nH]c1cc3c(ccn3CCn3ccnc3)cc12. The maximum absolute atomic E-state index is 4.10. The minimum absolute atomic E-state index is 0.925. The molecule has 0 atom stereocenters. The third kappa shape index (κ3) is 1.95. The Hall–Kier alpha value is -3.01. The number of hydrogen-bond donors (Lipinski definition) is 1. The number of nitrogens with zero attached hydrogens (tertiary/aromatic N) is 3. The predicted molar refractivity (Wildman–Crippen MR) is 93.5 cm³/mol. The highest BCUT2D eigenvalue weighted by molar-refractivity contribution is 6.11. The zero-order valence-corrected chi connectivity index (χ0v) is 12.6. The van der Waals surface area contributed by atoms with Crippen molar-refractivity contribution in [1.82, 2.24) is 19.1 Å². The molecule has 0 aliphatic rings. The average Bonchev–Trinajstić information content (AvgIpc) is 3.29. The van der Waals surface area contributed by atoms with E-state index in [4.69, 9.17) is 0 Å². The number of imidazole rings is 1. The van der Waals surface area contributed by atoms with Gasteiger partial charge >= 0.3 is 0 Å². The van der Waals surface area contributed by atoms with E-state index < -0.39 is 0 Å². The summed E-state index contributed by atoms with van der Waals surface area (Å²) >= 11 is 0. The zero-order valence-electron chi connectivity index (χ0n) is 12.6. The first kappa shape index (κ1) is 12.5. The molecule has 0 spiro atoms. The van der Waals surface area contributed by atoms with Crippen molar-refractivity contribution in [2.45, 2.75) is 13.1 Å². The number of aromatic amines is 1. The average molecular weight is 300 g/mol. The Bertz CT molecular complexity index is 1110. The van der Waals surface area contributed by atoms with Crippen LogP contribution in [-0.4, -0.2) is 19.1 Å². The van der Waals surface area contributed by atoms with Crippen LogP contribution >= 0.6 is 0 Å². The Morgan fingerprint density at radius 3 is 2.78 bits per heavy atom. The van der Waals surface area contributed by atoms with Crippen molar-refractivity contribution >= 4 is 32.7 Å². The fourth-order valence-electron chi connectivity index (χ4n) is 3.37. The lowest BCUT2D eigenvalue weighted by Gasteiger charge is -2.06. The molecule has 4 heteroatoms. The molecule has 5 rings (SSSR count). The summed E-state index contributed by atoms with van der Waals surface area (Å²) in [7, 11) is 0. The van der Waals surface area contributed by atoms with Gasteiger partial charge in [-0.3, -0.25) is 0 Å². The number of aromatic nitrogens is 4. The number of fused-ring (bicyclic) bond motifs is 4. The molecule has 0 bridgehead atoms. The molecule has 0 saturated carbocycles. The van der Waals surface area contributed by atoms with Crippen molar-refractivity contribution in [3.8, 4) is 0 Å². The van der Waals surface area contributed by atoms with Gasteiger partial charge in [0.1, 0.15) is 0 Å². The first-order valence-electron chi connectivity index (χ1n) is 7.83. The van der Waals surface area contributed by atoms with E-state index in [0.717, 1.165) is 13.1 Å². The van der Waals surface area contributed by atoms with E-state index in [1.54, 1.807) is 0 Å². The second kappa shape index (κ2) is 4.74. The number of benzene rings is 2. The fraction of sp³-hybridized carbons (Fsp3) is 0.105. The van der Waals surface area contributed by atoms with Gasteiger partial charge < -0.3 is 14.1 Å². The van der Waals surface area contributed by atoms with Gasteiger partial charge in [0.15, 0.2) is 0 Å². The summed E-state index contributed by atoms with van der Waals surface area (Å²) in [5.41, 5.74) is 3.66. The van der Waals surface area contributed by atoms with Crippen LogP contribution in [-0.2, 0) is 13.1 Å². The zero-order chi connectivity index (χ0) is 15.2. The van der Waals surface area contributed by atoms with Gasteiger partial charge in [0.05, 0.1) is 11.8 Å². The number of aryl methyl sites for hydroxylation is 2. The molecule has 0 aliphatic carbocycles. The van der Waals surface area contributed by atoms with Crippen molar-refractivity contribution in [3.63, 3.8) is 0 Å². The van der Waals surface area contributed by atoms with E-state index in [0.29, 0.717) is 0 Å². The number of nitrogens with one attached hydrogen (secondary N) is 1. The van der Waals surface area contributed by atoms with Gasteiger partial charge in [0, 0.05) is 58.9 Å². The van der Waals surface area contributed by atoms with Crippen LogP contribution in [0.5, 0.6) is 0 Å². The topological polar surface area (TPSA) is 38.5 Å². The van der Waals surface area contributed by atoms with Crippen molar-refractivity contribution in [2.75, 3.05) is 0 Å². The molecule has 23 heavy (non-hydrogen) atoms. The first-order valence-corrected chi connectivity index (χ1v) is 7.83. The quantitative estimate of drug-likeness (QED) is 0.533. The molecular formula is C19H16N4. The molecule has 112 valence electrons. The molecule has 3 heterocycles. The molecule has 0 radical (unpaired) electrons. The molecular weight excluding hydrogens is 284 g/mol. The minimum atomic E-state index is 0.925. The lowest BCUT2D eigenvalue weighted by atomic mass is 10.1. The van der Waals surface area contributed by atoms with Crippen LogP contribution in [0.3, 0.4) is 0 Å². The molecule has 1 N–H and O–H groups in total. The third-order valence-corrected chi connectivity index (χ3v) is 4.56. The second-order valence-electron chi connectivity index (χ2n) is 5.94. The number of H-pyrrole nitrogens is 1. The van der Waals surface area contributed by atoms with Crippen LogP contribution in [0.1, 0.15) is 0 Å². The van der Waals surface area contributed by atoms with Gasteiger partial charge in [-0.25, -0.2) is 4.98 Å². The molecule has 2 aromatic carbocycles. The molecule has 0 saturated heterocycles. The van der Waals surface area contributed by atoms with Gasteiger partial charge in [-0.05, 0) is 24.3 Å². The van der Waals surface area contributed by atoms with Crippen LogP contribution in [0.15, 0.2) is 67.4 Å². The summed E-state index contributed by atoms with van der Waals surface area (Å²) in [5, 5.41) is 3.86. The number of para-hydroxylation sites is 1. The highest BCUT2D eigenvalue weighted by atomic mass is 15.1. The molecule has 5 aromatic rings. The Labute approximate surface area is 133 Å². The Kier molecular flexibility index (Phi) is 2.58. The molecule has 4 nitrogen and oxygen atoms in total. The third-order valence-electron chi connectivity index (χ3n) is 4.56. The van der Waals surface area contributed by atoms with Crippen LogP contribution in [0, 0.1) is 0 Å². The summed E-state index contributed by atoms with van der Waals surface area (Å²) in [6.45, 7) is 1.86. The Morgan fingerprint density at radius 2 is 1.87 bits per heavy atom. The van der Waals surface area contributed by atoms with Crippen LogP contribution in [0.4, 0.5) is 0 Å². The summed E-state index contributed by atoms with van der Waals surface area (Å²) in [5.74, 6) is 0. The summed E-state index contributed by atoms with van der Waals surface area (Å²) < 4.78 is 4.41. The summed E-state index contributed by atoms with van der Waals surface area (Å²) in [4.78, 5) is 7.63. The lowest BCUT2D eigenvalue weighted by Crippen LogP contribution is -2.04. The normalized spacial score (nSPS) is 11.8. The van der Waals surface area contributed by atoms with Crippen molar-refractivity contribution in [1.29, 1.82) is 0 Å². The Balaban J connectivity index is 1.63. The molecule has 0 unspecified atom stereocenters. The van der Waals surface area contributed by atoms with Crippen LogP contribution in [0.25, 0.3) is 32.7 Å². The van der Waals surface area contributed by atoms with Gasteiger partial charge in [0.25, 0.3) is 0 Å². The monoisotopic (exact) mass is 300 g/mol. The first-order chi connectivity index (χ1) is 11.4. The van der Waals surface area contributed by atoms with Crippen molar-refractivity contribution in [3.05, 3.63) is 67.4 Å². The lowest BCUT2D eigenvalue weighted by molar-refractivity contribution is 0.592. The van der Waals surface area contributed by atoms with Crippen LogP contribution in [0.2, 0.25) is 0 Å². The summed E-state index contributed by atoms with van der Waals surface area (Å²) in [6, 6.07) is 15.2. The molecule has 3 aromatic heterocycles. The highest BCUT2D eigenvalue weighted by Crippen LogP contribution is 2.29. The highest BCUT2D eigenvalue weighted by Gasteiger charge is 2.08. The smallest absolute Gasteiger partial charge is 0.0946 e. The van der Waals surface area contributed by atoms with Gasteiger partial charge in [-0.2, -0.15) is 0 Å². The molecule has 0 aliphatic heterocycles. The van der Waals surface area contributed by atoms with Crippen molar-refractivity contribution < 1.29 is 0 Å². The van der Waals surface area contributed by atoms with Crippen LogP contribution < -0.4 is 0 Å². The maximum Gasteiger partial charge on any atom is 0.0946 e. The van der Waals surface area contributed by atoms with Gasteiger partial charge in [-0.1, -0.05) is 18.2 Å². The van der Waals surface area contributed by atoms with E-state index in [9.17, 15) is 0 Å². The van der Waals surface area contributed by atoms with E-state index >= 15 is 0 Å². The van der Waals surface area contributed by atoms with E-state index in [2.05, 4.69) is 67.8 Å². The Morgan fingerprint density at radius 1 is 0.913 bits per heavy atom. The largest absolute Gasteiger partial charge is 0.354 e. The van der Waals surface area contributed by atoms with Gasteiger partial charge in [0.2, 0.25) is 0 Å². The molecule has 0 fully saturated rings. The van der Waals surface area contributed by atoms with Gasteiger partial charge in [-0.15, -0.1) is 0 Å². The minimum Gasteiger partial charge on any atom is -0.354 e. The summed E-state index contributed by atoms with van der Waals surface area (Å²) in [6.07, 6.45) is 7.85.